The van der Waals surface area contributed by atoms with Gasteiger partial charge >= 0.3 is 6.61 Å². The fourth-order valence-corrected chi connectivity index (χ4v) is 3.12. The molecule has 0 aromatic heterocycles. The van der Waals surface area contributed by atoms with E-state index in [4.69, 9.17) is 0 Å². The average molecular weight is 346 g/mol. The zero-order chi connectivity index (χ0) is 17.5. The molecule has 0 aliphatic carbocycles. The fourth-order valence-electron chi connectivity index (χ4n) is 3.12. The normalized spacial score (nSPS) is 14.8. The summed E-state index contributed by atoms with van der Waals surface area (Å²) in [5.41, 5.74) is 3.57. The van der Waals surface area contributed by atoms with Crippen molar-refractivity contribution >= 4 is 5.69 Å². The van der Waals surface area contributed by atoms with Crippen LogP contribution in [0.5, 0.6) is 5.75 Å². The summed E-state index contributed by atoms with van der Waals surface area (Å²) in [5.74, 6) is 0.187. The van der Waals surface area contributed by atoms with E-state index < -0.39 is 6.61 Å². The number of anilines is 1. The summed E-state index contributed by atoms with van der Waals surface area (Å²) in [7, 11) is 0. The van der Waals surface area contributed by atoms with Crippen molar-refractivity contribution in [2.75, 3.05) is 18.0 Å². The highest BCUT2D eigenvalue weighted by Crippen LogP contribution is 2.20. The van der Waals surface area contributed by atoms with E-state index in [0.717, 1.165) is 25.2 Å². The zero-order valence-electron chi connectivity index (χ0n) is 14.3. The van der Waals surface area contributed by atoms with Crippen molar-refractivity contribution in [1.82, 2.24) is 5.32 Å². The molecule has 3 nitrogen and oxygen atoms in total. The lowest BCUT2D eigenvalue weighted by molar-refractivity contribution is -0.0498. The molecule has 0 spiro atoms. The monoisotopic (exact) mass is 346 g/mol. The van der Waals surface area contributed by atoms with Crippen LogP contribution >= 0.6 is 0 Å². The Kier molecular flexibility index (Phi) is 6.23. The van der Waals surface area contributed by atoms with Crippen molar-refractivity contribution < 1.29 is 13.5 Å². The molecule has 2 aromatic rings. The summed E-state index contributed by atoms with van der Waals surface area (Å²) >= 11 is 0. The molecule has 1 heterocycles. The zero-order valence-corrected chi connectivity index (χ0v) is 14.3. The molecule has 0 amide bonds. The Morgan fingerprint density at radius 2 is 1.40 bits per heavy atom. The van der Waals surface area contributed by atoms with Gasteiger partial charge in [0.15, 0.2) is 0 Å². The third kappa shape index (κ3) is 5.43. The molecule has 1 saturated heterocycles. The maximum atomic E-state index is 12.1. The van der Waals surface area contributed by atoms with Gasteiger partial charge in [0.25, 0.3) is 0 Å². The van der Waals surface area contributed by atoms with Crippen molar-refractivity contribution in [3.05, 3.63) is 59.7 Å². The van der Waals surface area contributed by atoms with E-state index >= 15 is 0 Å². The molecule has 2 aromatic carbocycles. The number of piperidine rings is 1. The second-order valence-electron chi connectivity index (χ2n) is 6.34. The Morgan fingerprint density at radius 1 is 0.840 bits per heavy atom. The van der Waals surface area contributed by atoms with Gasteiger partial charge in [0.2, 0.25) is 0 Å². The molecule has 1 aliphatic rings. The van der Waals surface area contributed by atoms with Crippen molar-refractivity contribution in [1.29, 1.82) is 0 Å². The van der Waals surface area contributed by atoms with Crippen LogP contribution < -0.4 is 15.0 Å². The van der Waals surface area contributed by atoms with Crippen molar-refractivity contribution in [2.24, 2.45) is 0 Å². The number of nitrogens with one attached hydrogen (secondary N) is 1. The minimum absolute atomic E-state index is 0.187. The molecule has 5 heteroatoms. The van der Waals surface area contributed by atoms with Gasteiger partial charge in [-0.2, -0.15) is 8.78 Å². The lowest BCUT2D eigenvalue weighted by atomic mass is 10.1. The first kappa shape index (κ1) is 17.7. The van der Waals surface area contributed by atoms with E-state index in [1.54, 1.807) is 24.3 Å². The van der Waals surface area contributed by atoms with E-state index in [2.05, 4.69) is 39.2 Å². The minimum Gasteiger partial charge on any atom is -0.435 e. The minimum atomic E-state index is -2.78. The van der Waals surface area contributed by atoms with Gasteiger partial charge in [0, 0.05) is 31.9 Å². The summed E-state index contributed by atoms with van der Waals surface area (Å²) < 4.78 is 28.6. The number of ether oxygens (including phenoxy) is 1. The average Bonchev–Trinajstić information content (AvgIpc) is 2.64. The van der Waals surface area contributed by atoms with Gasteiger partial charge in [0.05, 0.1) is 0 Å². The Bertz CT molecular complexity index is 638. The van der Waals surface area contributed by atoms with Crippen LogP contribution in [0.1, 0.15) is 30.4 Å². The van der Waals surface area contributed by atoms with Crippen LogP contribution in [-0.2, 0) is 13.1 Å². The van der Waals surface area contributed by atoms with Crippen molar-refractivity contribution in [3.8, 4) is 5.75 Å². The number of halogens is 2. The third-order valence-corrected chi connectivity index (χ3v) is 4.46. The third-order valence-electron chi connectivity index (χ3n) is 4.46. The predicted octanol–water partition coefficient (Wildman–Crippen LogP) is 4.57. The highest BCUT2D eigenvalue weighted by molar-refractivity contribution is 5.47. The van der Waals surface area contributed by atoms with Gasteiger partial charge in [-0.15, -0.1) is 0 Å². The van der Waals surface area contributed by atoms with Gasteiger partial charge in [-0.3, -0.25) is 0 Å². The van der Waals surface area contributed by atoms with Crippen molar-refractivity contribution in [2.45, 2.75) is 39.0 Å². The SMILES string of the molecule is FC(F)Oc1ccc(CNCc2ccc(N3CCCCC3)cc2)cc1. The van der Waals surface area contributed by atoms with Crippen LogP contribution in [0, 0.1) is 0 Å². The highest BCUT2D eigenvalue weighted by Gasteiger charge is 2.10. The van der Waals surface area contributed by atoms with Crippen LogP contribution in [0.3, 0.4) is 0 Å². The van der Waals surface area contributed by atoms with Gasteiger partial charge in [-0.25, -0.2) is 0 Å². The lowest BCUT2D eigenvalue weighted by Gasteiger charge is -2.28. The van der Waals surface area contributed by atoms with Gasteiger partial charge in [0.1, 0.15) is 5.75 Å². The molecule has 1 fully saturated rings. The molecule has 0 atom stereocenters. The van der Waals surface area contributed by atoms with Crippen molar-refractivity contribution in [3.63, 3.8) is 0 Å². The molecule has 1 aliphatic heterocycles. The molecule has 1 N–H and O–H groups in total. The summed E-state index contributed by atoms with van der Waals surface area (Å²) in [6.45, 7) is 0.987. The molecule has 0 radical (unpaired) electrons. The second-order valence-corrected chi connectivity index (χ2v) is 6.34. The summed E-state index contributed by atoms with van der Waals surface area (Å²) in [5, 5.41) is 3.37. The summed E-state index contributed by atoms with van der Waals surface area (Å²) in [6.07, 6.45) is 3.91. The predicted molar refractivity (Wildman–Crippen MR) is 96.1 cm³/mol. The van der Waals surface area contributed by atoms with E-state index in [9.17, 15) is 8.78 Å². The maximum Gasteiger partial charge on any atom is 0.387 e. The van der Waals surface area contributed by atoms with Crippen LogP contribution in [0.2, 0.25) is 0 Å². The summed E-state index contributed by atoms with van der Waals surface area (Å²) in [4.78, 5) is 2.45. The smallest absolute Gasteiger partial charge is 0.387 e. The molecule has 25 heavy (non-hydrogen) atoms. The number of alkyl halides is 2. The Morgan fingerprint density at radius 3 is 1.96 bits per heavy atom. The quantitative estimate of drug-likeness (QED) is 0.795. The first-order valence-corrected chi connectivity index (χ1v) is 8.79. The molecular formula is C20H24F2N2O. The standard InChI is InChI=1S/C20H24F2N2O/c21-20(22)25-19-10-6-17(7-11-19)15-23-14-16-4-8-18(9-5-16)24-12-2-1-3-13-24/h4-11,20,23H,1-3,12-15H2. The first-order valence-electron chi connectivity index (χ1n) is 8.79. The maximum absolute atomic E-state index is 12.1. The number of rotatable bonds is 7. The van der Waals surface area contributed by atoms with E-state index in [1.165, 1.54) is 30.5 Å². The molecule has 0 bridgehead atoms. The van der Waals surface area contributed by atoms with Gasteiger partial charge < -0.3 is 15.0 Å². The van der Waals surface area contributed by atoms with Crippen LogP contribution in [0.25, 0.3) is 0 Å². The van der Waals surface area contributed by atoms with E-state index in [1.807, 2.05) is 0 Å². The van der Waals surface area contributed by atoms with Gasteiger partial charge in [-0.1, -0.05) is 24.3 Å². The largest absolute Gasteiger partial charge is 0.435 e. The Labute approximate surface area is 147 Å². The number of benzene rings is 2. The Balaban J connectivity index is 1.45. The molecule has 3 rings (SSSR count). The Hall–Kier alpha value is -2.14. The van der Waals surface area contributed by atoms with Gasteiger partial charge in [-0.05, 0) is 54.7 Å². The molecule has 0 unspecified atom stereocenters. The fraction of sp³-hybridized carbons (Fsp3) is 0.400. The topological polar surface area (TPSA) is 24.5 Å². The number of nitrogens with zero attached hydrogens (tertiary/aromatic N) is 1. The number of hydrogen-bond donors (Lipinski definition) is 1. The van der Waals surface area contributed by atoms with Crippen LogP contribution in [0.4, 0.5) is 14.5 Å². The molecule has 134 valence electrons. The highest BCUT2D eigenvalue weighted by atomic mass is 19.3. The lowest BCUT2D eigenvalue weighted by Crippen LogP contribution is -2.29. The molecular weight excluding hydrogens is 322 g/mol. The number of hydrogen-bond acceptors (Lipinski definition) is 3. The van der Waals surface area contributed by atoms with E-state index in [0.29, 0.717) is 6.54 Å². The van der Waals surface area contributed by atoms with Crippen LogP contribution in [-0.4, -0.2) is 19.7 Å². The first-order chi connectivity index (χ1) is 12.2. The second kappa shape index (κ2) is 8.81. The summed E-state index contributed by atoms with van der Waals surface area (Å²) in [6, 6.07) is 15.4. The van der Waals surface area contributed by atoms with E-state index in [-0.39, 0.29) is 5.75 Å². The molecule has 0 saturated carbocycles. The van der Waals surface area contributed by atoms with Crippen LogP contribution in [0.15, 0.2) is 48.5 Å².